The molecule has 0 bridgehead atoms. The van der Waals surface area contributed by atoms with Crippen LogP contribution in [0, 0.1) is 0 Å². The largest absolute Gasteiger partial charge is 0.496 e. The number of pyridine rings is 1. The first-order valence-electron chi connectivity index (χ1n) is 14.2. The zero-order valence-corrected chi connectivity index (χ0v) is 25.4. The summed E-state index contributed by atoms with van der Waals surface area (Å²) in [5.41, 5.74) is 5.76. The number of fused-ring (bicyclic) bond motifs is 1. The molecule has 41 heavy (non-hydrogen) atoms. The normalized spacial score (nSPS) is 18.8. The van der Waals surface area contributed by atoms with Gasteiger partial charge in [-0.05, 0) is 63.6 Å². The van der Waals surface area contributed by atoms with Gasteiger partial charge in [0.2, 0.25) is 0 Å². The Kier molecular flexibility index (Phi) is 8.61. The second kappa shape index (κ2) is 12.0. The second-order valence-corrected chi connectivity index (χ2v) is 14.0. The summed E-state index contributed by atoms with van der Waals surface area (Å²) in [5, 5.41) is 10.1. The number of ether oxygens (including phenoxy) is 1. The van der Waals surface area contributed by atoms with E-state index < -0.39 is 15.7 Å². The van der Waals surface area contributed by atoms with Gasteiger partial charge in [0.15, 0.2) is 0 Å². The molecule has 2 aliphatic rings. The van der Waals surface area contributed by atoms with E-state index in [2.05, 4.69) is 18.0 Å². The monoisotopic (exact) mass is 576 g/mol. The van der Waals surface area contributed by atoms with Crippen molar-refractivity contribution < 1.29 is 18.8 Å². The van der Waals surface area contributed by atoms with Gasteiger partial charge in [-0.2, -0.15) is 0 Å². The van der Waals surface area contributed by atoms with E-state index in [1.165, 1.54) is 0 Å². The fourth-order valence-corrected chi connectivity index (χ4v) is 7.09. The molecule has 3 aromatic rings. The van der Waals surface area contributed by atoms with Crippen molar-refractivity contribution in [2.75, 3.05) is 46.9 Å². The molecule has 2 aliphatic heterocycles. The number of nitrogens with zero attached hydrogens (tertiary/aromatic N) is 4. The average Bonchev–Trinajstić information content (AvgIpc) is 3.34. The Labute approximate surface area is 245 Å². The van der Waals surface area contributed by atoms with E-state index in [0.29, 0.717) is 37.4 Å². The van der Waals surface area contributed by atoms with Crippen LogP contribution in [0.15, 0.2) is 54.6 Å². The molecular weight excluding hydrogens is 536 g/mol. The number of aliphatic hydroxyl groups is 1. The van der Waals surface area contributed by atoms with Gasteiger partial charge in [0, 0.05) is 56.0 Å². The van der Waals surface area contributed by atoms with Gasteiger partial charge in [0.25, 0.3) is 5.91 Å². The van der Waals surface area contributed by atoms with E-state index in [9.17, 15) is 14.1 Å². The van der Waals surface area contributed by atoms with Gasteiger partial charge in [-0.25, -0.2) is 13.5 Å². The predicted molar refractivity (Wildman–Crippen MR) is 163 cm³/mol. The Morgan fingerprint density at radius 3 is 2.44 bits per heavy atom. The molecule has 2 aromatic carbocycles. The van der Waals surface area contributed by atoms with Gasteiger partial charge in [-0.3, -0.25) is 4.79 Å². The van der Waals surface area contributed by atoms with Gasteiger partial charge in [-0.1, -0.05) is 36.4 Å². The number of amides is 1. The number of hydrogen-bond donors (Lipinski definition) is 1. The molecule has 1 aromatic heterocycles. The topological polar surface area (TPSA) is 86.2 Å². The first kappa shape index (κ1) is 29.4. The van der Waals surface area contributed by atoms with Crippen molar-refractivity contribution in [3.05, 3.63) is 71.4 Å². The van der Waals surface area contributed by atoms with Crippen molar-refractivity contribution in [1.29, 1.82) is 0 Å². The van der Waals surface area contributed by atoms with Crippen molar-refractivity contribution in [2.45, 2.75) is 44.5 Å². The molecule has 9 heteroatoms. The van der Waals surface area contributed by atoms with E-state index in [4.69, 9.17) is 9.72 Å². The number of hydrogen-bond acceptors (Lipinski definition) is 6. The third kappa shape index (κ3) is 5.95. The molecule has 1 saturated heterocycles. The highest BCUT2D eigenvalue weighted by molar-refractivity contribution is 7.84. The molecule has 0 spiro atoms. The molecule has 8 nitrogen and oxygen atoms in total. The number of rotatable bonds is 7. The Bertz CT molecular complexity index is 1450. The molecule has 1 N–H and O–H groups in total. The van der Waals surface area contributed by atoms with Crippen molar-refractivity contribution in [1.82, 2.24) is 19.1 Å². The fourth-order valence-electron chi connectivity index (χ4n) is 5.69. The first-order valence-corrected chi connectivity index (χ1v) is 15.3. The van der Waals surface area contributed by atoms with Crippen LogP contribution < -0.4 is 4.74 Å². The predicted octanol–water partition coefficient (Wildman–Crippen LogP) is 4.51. The highest BCUT2D eigenvalue weighted by Gasteiger charge is 2.40. The fraction of sp³-hybridized carbons (Fsp3) is 0.438. The molecule has 1 amide bonds. The Hall–Kier alpha value is -3.11. The standard InChI is InChI=1S/C32H40N4O4S/c1-32(2,3)41(39)36-21-24-20-26(31(38)35-16-14-34(4)15-17-35)33-30(29(24)27(36)13-18-37)23-10-8-9-22(19-23)25-11-6-7-12-28(25)40-5/h6-12,19-20,27,37H,13-18,21H2,1-5H3/t27-,41-/m0/s1. The molecular formula is C32H40N4O4S. The lowest BCUT2D eigenvalue weighted by Crippen LogP contribution is -2.47. The number of aliphatic hydroxyl groups excluding tert-OH is 1. The summed E-state index contributed by atoms with van der Waals surface area (Å²) < 4.78 is 20.8. The van der Waals surface area contributed by atoms with E-state index >= 15 is 0 Å². The van der Waals surface area contributed by atoms with Gasteiger partial charge in [0.1, 0.15) is 22.4 Å². The molecule has 3 heterocycles. The van der Waals surface area contributed by atoms with Gasteiger partial charge >= 0.3 is 0 Å². The first-order chi connectivity index (χ1) is 19.6. The van der Waals surface area contributed by atoms with Gasteiger partial charge in [-0.15, -0.1) is 0 Å². The SMILES string of the molecule is COc1ccccc1-c1cccc(-c2nc(C(=O)N3CCN(C)CC3)cc3c2[C@H](CCO)N([S@@](=O)C(C)(C)C)C3)c1. The summed E-state index contributed by atoms with van der Waals surface area (Å²) in [4.78, 5) is 22.9. The number of para-hydroxylation sites is 1. The quantitative estimate of drug-likeness (QED) is 0.446. The molecule has 2 atom stereocenters. The summed E-state index contributed by atoms with van der Waals surface area (Å²) in [6, 6.07) is 17.6. The van der Waals surface area contributed by atoms with Crippen molar-refractivity contribution >= 4 is 16.9 Å². The van der Waals surface area contributed by atoms with Crippen LogP contribution in [-0.2, 0) is 17.5 Å². The lowest BCUT2D eigenvalue weighted by atomic mass is 9.93. The highest BCUT2D eigenvalue weighted by Crippen LogP contribution is 2.44. The number of aromatic nitrogens is 1. The molecule has 0 radical (unpaired) electrons. The van der Waals surface area contributed by atoms with Gasteiger partial charge in [0.05, 0.1) is 23.6 Å². The van der Waals surface area contributed by atoms with Crippen LogP contribution in [0.4, 0.5) is 0 Å². The maximum Gasteiger partial charge on any atom is 0.272 e. The lowest BCUT2D eigenvalue weighted by molar-refractivity contribution is 0.0658. The average molecular weight is 577 g/mol. The minimum absolute atomic E-state index is 0.0510. The third-order valence-electron chi connectivity index (χ3n) is 7.85. The van der Waals surface area contributed by atoms with E-state index in [1.807, 2.05) is 78.5 Å². The van der Waals surface area contributed by atoms with Gasteiger partial charge < -0.3 is 19.6 Å². The number of benzene rings is 2. The number of likely N-dealkylation sites (N-methyl/N-ethyl adjacent to an activating group) is 1. The van der Waals surface area contributed by atoms with Crippen LogP contribution in [-0.4, -0.2) is 86.0 Å². The Morgan fingerprint density at radius 2 is 1.76 bits per heavy atom. The minimum atomic E-state index is -1.32. The summed E-state index contributed by atoms with van der Waals surface area (Å²) in [7, 11) is 2.40. The van der Waals surface area contributed by atoms with Crippen LogP contribution in [0.1, 0.15) is 54.8 Å². The van der Waals surface area contributed by atoms with E-state index in [1.54, 1.807) is 7.11 Å². The third-order valence-corrected chi connectivity index (χ3v) is 9.71. The summed E-state index contributed by atoms with van der Waals surface area (Å²) in [6.07, 6.45) is 0.418. The zero-order chi connectivity index (χ0) is 29.3. The van der Waals surface area contributed by atoms with Crippen molar-refractivity contribution in [3.8, 4) is 28.1 Å². The highest BCUT2D eigenvalue weighted by atomic mass is 32.2. The van der Waals surface area contributed by atoms with Crippen molar-refractivity contribution in [2.24, 2.45) is 0 Å². The molecule has 1 fully saturated rings. The number of methoxy groups -OCH3 is 1. The van der Waals surface area contributed by atoms with E-state index in [-0.39, 0.29) is 18.6 Å². The zero-order valence-electron chi connectivity index (χ0n) is 24.6. The Balaban J connectivity index is 1.66. The number of carbonyl (C=O) groups is 1. The number of piperazine rings is 1. The second-order valence-electron chi connectivity index (χ2n) is 11.8. The summed E-state index contributed by atoms with van der Waals surface area (Å²) >= 11 is 0. The van der Waals surface area contributed by atoms with Crippen LogP contribution >= 0.6 is 0 Å². The van der Waals surface area contributed by atoms with E-state index in [0.717, 1.165) is 46.7 Å². The number of carbonyl (C=O) groups excluding carboxylic acids is 1. The summed E-state index contributed by atoms with van der Waals surface area (Å²) in [6.45, 7) is 9.20. The maximum absolute atomic E-state index is 13.8. The molecule has 218 valence electrons. The minimum Gasteiger partial charge on any atom is -0.496 e. The van der Waals surface area contributed by atoms with Crippen molar-refractivity contribution in [3.63, 3.8) is 0 Å². The maximum atomic E-state index is 13.8. The lowest BCUT2D eigenvalue weighted by Gasteiger charge is -2.32. The van der Waals surface area contributed by atoms with Crippen LogP contribution in [0.25, 0.3) is 22.4 Å². The molecule has 0 saturated carbocycles. The van der Waals surface area contributed by atoms with Crippen LogP contribution in [0.5, 0.6) is 5.75 Å². The van der Waals surface area contributed by atoms with Crippen LogP contribution in [0.3, 0.4) is 0 Å². The smallest absolute Gasteiger partial charge is 0.272 e. The Morgan fingerprint density at radius 1 is 1.05 bits per heavy atom. The molecule has 0 unspecified atom stereocenters. The summed E-state index contributed by atoms with van der Waals surface area (Å²) in [5.74, 6) is 0.684. The molecule has 0 aliphatic carbocycles. The van der Waals surface area contributed by atoms with Crippen LogP contribution in [0.2, 0.25) is 0 Å². The molecule has 5 rings (SSSR count).